The van der Waals surface area contributed by atoms with Gasteiger partial charge in [-0.05, 0) is 79.2 Å². The molecule has 0 N–H and O–H groups in total. The topological polar surface area (TPSA) is 108 Å². The average molecular weight is 556 g/mol. The molecule has 0 aliphatic heterocycles. The summed E-state index contributed by atoms with van der Waals surface area (Å²) in [4.78, 5) is 38.7. The number of hydrogen-bond acceptors (Lipinski definition) is 7. The molecular weight excluding hydrogens is 525 g/mol. The van der Waals surface area contributed by atoms with E-state index in [-0.39, 0.29) is 27.3 Å². The SMILES string of the molecule is C[C@]12CCC(=O)C[C@@H]1CC[C@@H]1[C@@H]2CC[C@]2(C)C(=O)[C@@H](n3cc(Cn4cnc5c(Cl)nc(Cl)nc54)nn3)C[C@@H]12. The summed E-state index contributed by atoms with van der Waals surface area (Å²) >= 11 is 12.2. The summed E-state index contributed by atoms with van der Waals surface area (Å²) in [5.41, 5.74) is 1.62. The Balaban J connectivity index is 1.14. The minimum atomic E-state index is -0.323. The number of rotatable bonds is 3. The van der Waals surface area contributed by atoms with Gasteiger partial charge in [0.2, 0.25) is 5.28 Å². The van der Waals surface area contributed by atoms with Crippen LogP contribution in [0.2, 0.25) is 10.4 Å². The highest BCUT2D eigenvalue weighted by Crippen LogP contribution is 2.66. The Morgan fingerprint density at radius 2 is 1.92 bits per heavy atom. The van der Waals surface area contributed by atoms with E-state index in [2.05, 4.69) is 39.1 Å². The van der Waals surface area contributed by atoms with E-state index in [1.54, 1.807) is 15.6 Å². The van der Waals surface area contributed by atoms with E-state index in [1.165, 1.54) is 0 Å². The molecule has 0 bridgehead atoms. The predicted octanol–water partition coefficient (Wildman–Crippen LogP) is 5.10. The van der Waals surface area contributed by atoms with E-state index in [1.807, 2.05) is 6.20 Å². The van der Waals surface area contributed by atoms with Gasteiger partial charge in [-0.25, -0.2) is 14.6 Å². The number of hydrogen-bond donors (Lipinski definition) is 0. The first-order valence-corrected chi connectivity index (χ1v) is 14.4. The van der Waals surface area contributed by atoms with E-state index >= 15 is 0 Å². The second-order valence-electron chi connectivity index (χ2n) is 12.5. The molecule has 11 heteroatoms. The standard InChI is InChI=1S/C27H31Cl2N7O2/c1-26-7-5-16(37)9-14(26)3-4-17-18(26)6-8-27(2)19(17)10-20(22(27)38)36-12-15(33-34-36)11-35-13-30-21-23(28)31-25(29)32-24(21)35/h12-14,17-20H,3-11H2,1-2H3/t14-,17+,18-,19-,20-,26-,27-/m0/s1. The molecule has 0 amide bonds. The van der Waals surface area contributed by atoms with Crippen LogP contribution in [-0.4, -0.2) is 46.1 Å². The van der Waals surface area contributed by atoms with Crippen molar-refractivity contribution < 1.29 is 9.59 Å². The van der Waals surface area contributed by atoms with Gasteiger partial charge >= 0.3 is 0 Å². The van der Waals surface area contributed by atoms with Crippen LogP contribution in [0.3, 0.4) is 0 Å². The quantitative estimate of drug-likeness (QED) is 0.326. The van der Waals surface area contributed by atoms with Crippen molar-refractivity contribution >= 4 is 45.9 Å². The zero-order chi connectivity index (χ0) is 26.4. The molecule has 3 aromatic rings. The molecule has 0 radical (unpaired) electrons. The van der Waals surface area contributed by atoms with Crippen LogP contribution < -0.4 is 0 Å². The monoisotopic (exact) mass is 555 g/mol. The van der Waals surface area contributed by atoms with Gasteiger partial charge in [-0.3, -0.25) is 9.59 Å². The molecule has 4 aliphatic rings. The second-order valence-corrected chi connectivity index (χ2v) is 13.2. The second kappa shape index (κ2) is 8.55. The van der Waals surface area contributed by atoms with Crippen LogP contribution in [0.4, 0.5) is 0 Å². The van der Waals surface area contributed by atoms with E-state index in [4.69, 9.17) is 23.2 Å². The molecule has 0 spiro atoms. The molecule has 9 nitrogen and oxygen atoms in total. The highest BCUT2D eigenvalue weighted by molar-refractivity contribution is 6.35. The molecule has 7 rings (SSSR count). The summed E-state index contributed by atoms with van der Waals surface area (Å²) < 4.78 is 3.58. The number of Topliss-reactive ketones (excluding diaryl/α,β-unsaturated/α-hetero) is 2. The van der Waals surface area contributed by atoms with Crippen LogP contribution in [0.25, 0.3) is 11.2 Å². The maximum absolute atomic E-state index is 13.9. The Morgan fingerprint density at radius 3 is 2.76 bits per heavy atom. The minimum Gasteiger partial charge on any atom is -0.309 e. The third kappa shape index (κ3) is 3.53. The van der Waals surface area contributed by atoms with Gasteiger partial charge in [0.25, 0.3) is 0 Å². The van der Waals surface area contributed by atoms with Crippen LogP contribution in [0, 0.1) is 34.5 Å². The maximum atomic E-state index is 13.9. The number of carbonyl (C=O) groups is 2. The lowest BCUT2D eigenvalue weighted by Gasteiger charge is -2.59. The summed E-state index contributed by atoms with van der Waals surface area (Å²) in [5, 5.41) is 9.06. The van der Waals surface area contributed by atoms with Gasteiger partial charge in [-0.2, -0.15) is 4.98 Å². The summed E-state index contributed by atoms with van der Waals surface area (Å²) in [6, 6.07) is -0.297. The molecule has 3 aromatic heterocycles. The van der Waals surface area contributed by atoms with Crippen molar-refractivity contribution in [3.05, 3.63) is 28.7 Å². The summed E-state index contributed by atoms with van der Waals surface area (Å²) in [6.45, 7) is 5.01. The molecule has 4 aliphatic carbocycles. The first-order chi connectivity index (χ1) is 18.2. The molecule has 200 valence electrons. The molecule has 4 fully saturated rings. The number of ketones is 2. The first-order valence-electron chi connectivity index (χ1n) is 13.7. The Hall–Kier alpha value is -2.39. The van der Waals surface area contributed by atoms with Crippen molar-refractivity contribution in [3.8, 4) is 0 Å². The number of nitrogens with zero attached hydrogens (tertiary/aromatic N) is 7. The number of aromatic nitrogens is 7. The molecule has 0 unspecified atom stereocenters. The number of fused-ring (bicyclic) bond motifs is 6. The van der Waals surface area contributed by atoms with Crippen molar-refractivity contribution in [2.75, 3.05) is 0 Å². The summed E-state index contributed by atoms with van der Waals surface area (Å²) in [6.07, 6.45) is 11.0. The molecular formula is C27H31Cl2N7O2. The lowest BCUT2D eigenvalue weighted by Crippen LogP contribution is -2.53. The molecule has 0 aromatic carbocycles. The lowest BCUT2D eigenvalue weighted by molar-refractivity contribution is -0.144. The van der Waals surface area contributed by atoms with Crippen LogP contribution in [0.1, 0.15) is 76.9 Å². The van der Waals surface area contributed by atoms with Gasteiger partial charge in [0.1, 0.15) is 23.0 Å². The summed E-state index contributed by atoms with van der Waals surface area (Å²) in [7, 11) is 0. The fourth-order valence-electron chi connectivity index (χ4n) is 8.78. The fourth-order valence-corrected chi connectivity index (χ4v) is 9.20. The normalized spacial score (nSPS) is 36.8. The summed E-state index contributed by atoms with van der Waals surface area (Å²) in [5.74, 6) is 2.72. The van der Waals surface area contributed by atoms with E-state index < -0.39 is 0 Å². The zero-order valence-corrected chi connectivity index (χ0v) is 23.1. The average Bonchev–Trinajstić information content (AvgIpc) is 3.57. The molecule has 4 saturated carbocycles. The van der Waals surface area contributed by atoms with Crippen molar-refractivity contribution in [2.24, 2.45) is 34.5 Å². The van der Waals surface area contributed by atoms with E-state index in [9.17, 15) is 9.59 Å². The van der Waals surface area contributed by atoms with Gasteiger partial charge < -0.3 is 4.57 Å². The molecule has 7 atom stereocenters. The number of halogens is 2. The van der Waals surface area contributed by atoms with Crippen molar-refractivity contribution in [2.45, 2.75) is 77.8 Å². The van der Waals surface area contributed by atoms with Crippen molar-refractivity contribution in [1.29, 1.82) is 0 Å². The number of carbonyl (C=O) groups excluding carboxylic acids is 2. The van der Waals surface area contributed by atoms with Gasteiger partial charge in [0, 0.05) is 18.3 Å². The van der Waals surface area contributed by atoms with Gasteiger partial charge in [0.15, 0.2) is 16.6 Å². The Morgan fingerprint density at radius 1 is 1.08 bits per heavy atom. The smallest absolute Gasteiger partial charge is 0.225 e. The van der Waals surface area contributed by atoms with Gasteiger partial charge in [-0.1, -0.05) is 30.7 Å². The van der Waals surface area contributed by atoms with Crippen LogP contribution >= 0.6 is 23.2 Å². The molecule has 38 heavy (non-hydrogen) atoms. The lowest BCUT2D eigenvalue weighted by atomic mass is 9.45. The predicted molar refractivity (Wildman–Crippen MR) is 141 cm³/mol. The van der Waals surface area contributed by atoms with Crippen molar-refractivity contribution in [1.82, 2.24) is 34.5 Å². The van der Waals surface area contributed by atoms with E-state index in [0.717, 1.165) is 51.4 Å². The third-order valence-corrected chi connectivity index (χ3v) is 11.3. The van der Waals surface area contributed by atoms with Gasteiger partial charge in [-0.15, -0.1) is 5.10 Å². The van der Waals surface area contributed by atoms with Crippen LogP contribution in [0.5, 0.6) is 0 Å². The number of imidazole rings is 1. The Kier molecular flexibility index (Phi) is 5.55. The van der Waals surface area contributed by atoms with Crippen LogP contribution in [0.15, 0.2) is 12.5 Å². The van der Waals surface area contributed by atoms with Crippen LogP contribution in [-0.2, 0) is 16.1 Å². The Bertz CT molecular complexity index is 1470. The highest BCUT2D eigenvalue weighted by atomic mass is 35.5. The molecule has 0 saturated heterocycles. The highest BCUT2D eigenvalue weighted by Gasteiger charge is 2.62. The largest absolute Gasteiger partial charge is 0.309 e. The third-order valence-electron chi connectivity index (χ3n) is 10.8. The first kappa shape index (κ1) is 24.6. The van der Waals surface area contributed by atoms with E-state index in [0.29, 0.717) is 58.6 Å². The molecule has 3 heterocycles. The van der Waals surface area contributed by atoms with Crippen molar-refractivity contribution in [3.63, 3.8) is 0 Å². The van der Waals surface area contributed by atoms with Gasteiger partial charge in [0.05, 0.1) is 19.1 Å². The Labute approximate surface area is 230 Å². The fraction of sp³-hybridized carbons (Fsp3) is 0.667. The zero-order valence-electron chi connectivity index (χ0n) is 21.6. The maximum Gasteiger partial charge on any atom is 0.225 e. The minimum absolute atomic E-state index is 0.0568.